The first-order chi connectivity index (χ1) is 10.8. The predicted octanol–water partition coefficient (Wildman–Crippen LogP) is 3.88. The van der Waals surface area contributed by atoms with Crippen molar-refractivity contribution in [3.05, 3.63) is 35.9 Å². The SMILES string of the molecule is CCNC(=NCC(OC)c1ccccc1)NC1CCCCC1.I. The molecule has 1 aromatic carbocycles. The molecule has 1 saturated carbocycles. The second-order valence-electron chi connectivity index (χ2n) is 5.83. The van der Waals surface area contributed by atoms with Gasteiger partial charge in [-0.25, -0.2) is 0 Å². The zero-order valence-electron chi connectivity index (χ0n) is 14.3. The molecule has 0 spiro atoms. The van der Waals surface area contributed by atoms with Gasteiger partial charge in [0.05, 0.1) is 6.54 Å². The number of nitrogens with one attached hydrogen (secondary N) is 2. The summed E-state index contributed by atoms with van der Waals surface area (Å²) < 4.78 is 5.59. The highest BCUT2D eigenvalue weighted by molar-refractivity contribution is 14.0. The van der Waals surface area contributed by atoms with Crippen LogP contribution in [0.4, 0.5) is 0 Å². The highest BCUT2D eigenvalue weighted by Crippen LogP contribution is 2.18. The Labute approximate surface area is 157 Å². The van der Waals surface area contributed by atoms with Crippen LogP contribution in [-0.4, -0.2) is 32.2 Å². The zero-order valence-corrected chi connectivity index (χ0v) is 16.6. The molecule has 5 heteroatoms. The monoisotopic (exact) mass is 431 g/mol. The van der Waals surface area contributed by atoms with Crippen LogP contribution in [0.3, 0.4) is 0 Å². The molecule has 1 aliphatic rings. The van der Waals surface area contributed by atoms with E-state index in [2.05, 4.69) is 29.7 Å². The molecule has 1 fully saturated rings. The van der Waals surface area contributed by atoms with Gasteiger partial charge in [0.15, 0.2) is 5.96 Å². The van der Waals surface area contributed by atoms with Gasteiger partial charge in [-0.1, -0.05) is 49.6 Å². The largest absolute Gasteiger partial charge is 0.375 e. The number of benzene rings is 1. The van der Waals surface area contributed by atoms with Crippen LogP contribution in [-0.2, 0) is 4.74 Å². The lowest BCUT2D eigenvalue weighted by molar-refractivity contribution is 0.111. The Balaban J connectivity index is 0.00000264. The van der Waals surface area contributed by atoms with Crippen LogP contribution in [0.2, 0.25) is 0 Å². The molecule has 130 valence electrons. The summed E-state index contributed by atoms with van der Waals surface area (Å²) in [6, 6.07) is 10.8. The number of ether oxygens (including phenoxy) is 1. The maximum atomic E-state index is 5.59. The van der Waals surface area contributed by atoms with Crippen LogP contribution in [0.5, 0.6) is 0 Å². The minimum Gasteiger partial charge on any atom is -0.375 e. The zero-order chi connectivity index (χ0) is 15.6. The van der Waals surface area contributed by atoms with Crippen LogP contribution in [0.1, 0.15) is 50.7 Å². The average Bonchev–Trinajstić information content (AvgIpc) is 2.57. The van der Waals surface area contributed by atoms with Crippen molar-refractivity contribution in [3.63, 3.8) is 0 Å². The fourth-order valence-electron chi connectivity index (χ4n) is 2.92. The normalized spacial score (nSPS) is 17.2. The summed E-state index contributed by atoms with van der Waals surface area (Å²) in [6.07, 6.45) is 6.51. The fraction of sp³-hybridized carbons (Fsp3) is 0.611. The predicted molar refractivity (Wildman–Crippen MR) is 108 cm³/mol. The summed E-state index contributed by atoms with van der Waals surface area (Å²) in [6.45, 7) is 3.60. The van der Waals surface area contributed by atoms with Gasteiger partial charge in [-0.15, -0.1) is 24.0 Å². The summed E-state index contributed by atoms with van der Waals surface area (Å²) >= 11 is 0. The molecule has 2 rings (SSSR count). The van der Waals surface area contributed by atoms with Crippen LogP contribution < -0.4 is 10.6 Å². The van der Waals surface area contributed by atoms with Crippen molar-refractivity contribution in [2.75, 3.05) is 20.2 Å². The number of rotatable bonds is 6. The molecule has 0 amide bonds. The van der Waals surface area contributed by atoms with E-state index in [-0.39, 0.29) is 30.1 Å². The van der Waals surface area contributed by atoms with Crippen molar-refractivity contribution in [2.24, 2.45) is 4.99 Å². The van der Waals surface area contributed by atoms with Crippen LogP contribution in [0.15, 0.2) is 35.3 Å². The van der Waals surface area contributed by atoms with Gasteiger partial charge in [0.25, 0.3) is 0 Å². The maximum absolute atomic E-state index is 5.59. The number of nitrogens with zero attached hydrogens (tertiary/aromatic N) is 1. The van der Waals surface area contributed by atoms with Crippen molar-refractivity contribution in [3.8, 4) is 0 Å². The van der Waals surface area contributed by atoms with Gasteiger partial charge in [-0.2, -0.15) is 0 Å². The highest BCUT2D eigenvalue weighted by Gasteiger charge is 2.15. The molecule has 0 aromatic heterocycles. The summed E-state index contributed by atoms with van der Waals surface area (Å²) in [5, 5.41) is 6.92. The molecular weight excluding hydrogens is 401 g/mol. The minimum absolute atomic E-state index is 0. The van der Waals surface area contributed by atoms with E-state index in [9.17, 15) is 0 Å². The molecule has 2 N–H and O–H groups in total. The lowest BCUT2D eigenvalue weighted by Crippen LogP contribution is -2.44. The molecule has 0 bridgehead atoms. The Morgan fingerprint density at radius 3 is 2.52 bits per heavy atom. The molecule has 1 atom stereocenters. The highest BCUT2D eigenvalue weighted by atomic mass is 127. The number of hydrogen-bond acceptors (Lipinski definition) is 2. The molecule has 1 aromatic rings. The van der Waals surface area contributed by atoms with E-state index in [4.69, 9.17) is 9.73 Å². The van der Waals surface area contributed by atoms with E-state index in [1.54, 1.807) is 7.11 Å². The van der Waals surface area contributed by atoms with E-state index in [0.717, 1.165) is 12.5 Å². The van der Waals surface area contributed by atoms with Gasteiger partial charge in [-0.3, -0.25) is 4.99 Å². The van der Waals surface area contributed by atoms with Gasteiger partial charge in [0, 0.05) is 19.7 Å². The molecule has 23 heavy (non-hydrogen) atoms. The molecular formula is C18H30IN3O. The van der Waals surface area contributed by atoms with E-state index >= 15 is 0 Å². The molecule has 0 aliphatic heterocycles. The first-order valence-corrected chi connectivity index (χ1v) is 8.46. The van der Waals surface area contributed by atoms with Crippen LogP contribution >= 0.6 is 24.0 Å². The Morgan fingerprint density at radius 1 is 1.22 bits per heavy atom. The van der Waals surface area contributed by atoms with Crippen molar-refractivity contribution in [1.29, 1.82) is 0 Å². The van der Waals surface area contributed by atoms with E-state index in [1.165, 1.54) is 37.7 Å². The van der Waals surface area contributed by atoms with Gasteiger partial charge in [-0.05, 0) is 25.3 Å². The average molecular weight is 431 g/mol. The number of hydrogen-bond donors (Lipinski definition) is 2. The number of methoxy groups -OCH3 is 1. The number of halogens is 1. The minimum atomic E-state index is 0. The summed E-state index contributed by atoms with van der Waals surface area (Å²) in [5.41, 5.74) is 1.17. The van der Waals surface area contributed by atoms with Crippen molar-refractivity contribution in [1.82, 2.24) is 10.6 Å². The molecule has 4 nitrogen and oxygen atoms in total. The van der Waals surface area contributed by atoms with Gasteiger partial charge < -0.3 is 15.4 Å². The lowest BCUT2D eigenvalue weighted by atomic mass is 9.96. The van der Waals surface area contributed by atoms with Crippen molar-refractivity contribution in [2.45, 2.75) is 51.2 Å². The quantitative estimate of drug-likeness (QED) is 0.408. The molecule has 0 heterocycles. The topological polar surface area (TPSA) is 45.7 Å². The fourth-order valence-corrected chi connectivity index (χ4v) is 2.92. The summed E-state index contributed by atoms with van der Waals surface area (Å²) in [4.78, 5) is 4.72. The third kappa shape index (κ3) is 7.08. The van der Waals surface area contributed by atoms with E-state index in [1.807, 2.05) is 18.2 Å². The van der Waals surface area contributed by atoms with Crippen molar-refractivity contribution >= 4 is 29.9 Å². The maximum Gasteiger partial charge on any atom is 0.191 e. The standard InChI is InChI=1S/C18H29N3O.HI/c1-3-19-18(21-16-12-8-5-9-13-16)20-14-17(22-2)15-10-6-4-7-11-15;/h4,6-7,10-11,16-17H,3,5,8-9,12-14H2,1-2H3,(H2,19,20,21);1H. The van der Waals surface area contributed by atoms with E-state index < -0.39 is 0 Å². The summed E-state index contributed by atoms with van der Waals surface area (Å²) in [5.74, 6) is 0.910. The van der Waals surface area contributed by atoms with Crippen molar-refractivity contribution < 1.29 is 4.74 Å². The first-order valence-electron chi connectivity index (χ1n) is 8.46. The number of aliphatic imine (C=N–C) groups is 1. The second kappa shape index (κ2) is 11.7. The molecule has 0 saturated heterocycles. The molecule has 1 aliphatic carbocycles. The Kier molecular flexibility index (Phi) is 10.3. The Bertz CT molecular complexity index is 447. The van der Waals surface area contributed by atoms with Gasteiger partial charge in [0.2, 0.25) is 0 Å². The Hall–Kier alpha value is -0.820. The van der Waals surface area contributed by atoms with Gasteiger partial charge >= 0.3 is 0 Å². The van der Waals surface area contributed by atoms with E-state index in [0.29, 0.717) is 12.6 Å². The lowest BCUT2D eigenvalue weighted by Gasteiger charge is -2.25. The van der Waals surface area contributed by atoms with Crippen LogP contribution in [0, 0.1) is 0 Å². The first kappa shape index (κ1) is 20.2. The third-order valence-electron chi connectivity index (χ3n) is 4.16. The summed E-state index contributed by atoms with van der Waals surface area (Å²) in [7, 11) is 1.74. The molecule has 1 unspecified atom stereocenters. The third-order valence-corrected chi connectivity index (χ3v) is 4.16. The number of guanidine groups is 1. The van der Waals surface area contributed by atoms with Gasteiger partial charge in [0.1, 0.15) is 6.10 Å². The molecule has 0 radical (unpaired) electrons. The smallest absolute Gasteiger partial charge is 0.191 e. The second-order valence-corrected chi connectivity index (χ2v) is 5.83. The van der Waals surface area contributed by atoms with Crippen LogP contribution in [0.25, 0.3) is 0 Å². The Morgan fingerprint density at radius 2 is 1.91 bits per heavy atom.